The fraction of sp³-hybridized carbons (Fsp3) is 0.250. The molecule has 0 unspecified atom stereocenters. The van der Waals surface area contributed by atoms with E-state index >= 15 is 0 Å². The van der Waals surface area contributed by atoms with E-state index in [4.69, 9.17) is 5.73 Å². The van der Waals surface area contributed by atoms with Gasteiger partial charge in [-0.05, 0) is 6.92 Å². The lowest BCUT2D eigenvalue weighted by atomic mass is 10.3. The first kappa shape index (κ1) is 8.61. The van der Waals surface area contributed by atoms with E-state index in [0.717, 1.165) is 5.69 Å². The van der Waals surface area contributed by atoms with Crippen LogP contribution in [0, 0.1) is 6.92 Å². The number of nitrogens with two attached hydrogens (primary N) is 1. The molecule has 0 radical (unpaired) electrons. The summed E-state index contributed by atoms with van der Waals surface area (Å²) in [4.78, 5) is 19.0. The molecule has 0 aliphatic rings. The number of nitrogens with zero attached hydrogens (tertiary/aromatic N) is 4. The van der Waals surface area contributed by atoms with E-state index in [1.54, 1.807) is 11.7 Å². The molecule has 1 amide bonds. The number of primary amides is 1. The second-order valence-electron chi connectivity index (χ2n) is 3.00. The average molecular weight is 191 g/mol. The minimum absolute atomic E-state index is 0.161. The quantitative estimate of drug-likeness (QED) is 0.674. The molecule has 2 heterocycles. The Labute approximate surface area is 79.8 Å². The van der Waals surface area contributed by atoms with Gasteiger partial charge in [-0.15, -0.1) is 0 Å². The zero-order chi connectivity index (χ0) is 10.3. The molecule has 6 nitrogen and oxygen atoms in total. The Morgan fingerprint density at radius 1 is 1.57 bits per heavy atom. The Kier molecular flexibility index (Phi) is 1.70. The number of hydrogen-bond acceptors (Lipinski definition) is 4. The number of hydrogen-bond donors (Lipinski definition) is 1. The molecule has 0 saturated carbocycles. The van der Waals surface area contributed by atoms with Crippen LogP contribution < -0.4 is 5.73 Å². The molecule has 0 aromatic carbocycles. The monoisotopic (exact) mass is 191 g/mol. The van der Waals surface area contributed by atoms with Crippen molar-refractivity contribution in [3.63, 3.8) is 0 Å². The van der Waals surface area contributed by atoms with Crippen LogP contribution in [0.1, 0.15) is 16.2 Å². The molecule has 0 aliphatic carbocycles. The number of carbonyl (C=O) groups is 1. The van der Waals surface area contributed by atoms with Crippen LogP contribution in [0.2, 0.25) is 0 Å². The molecule has 2 rings (SSSR count). The largest absolute Gasteiger partial charge is 0.364 e. The van der Waals surface area contributed by atoms with Gasteiger partial charge in [0, 0.05) is 7.05 Å². The van der Waals surface area contributed by atoms with E-state index in [-0.39, 0.29) is 5.69 Å². The number of fused-ring (bicyclic) bond motifs is 1. The lowest BCUT2D eigenvalue weighted by Crippen LogP contribution is -2.13. The van der Waals surface area contributed by atoms with Crippen molar-refractivity contribution in [3.8, 4) is 0 Å². The van der Waals surface area contributed by atoms with E-state index in [2.05, 4.69) is 15.1 Å². The van der Waals surface area contributed by atoms with Crippen LogP contribution in [-0.4, -0.2) is 25.7 Å². The fourth-order valence-electron chi connectivity index (χ4n) is 1.30. The van der Waals surface area contributed by atoms with Crippen molar-refractivity contribution in [2.24, 2.45) is 12.8 Å². The number of rotatable bonds is 1. The van der Waals surface area contributed by atoms with Gasteiger partial charge in [-0.1, -0.05) is 0 Å². The summed E-state index contributed by atoms with van der Waals surface area (Å²) in [5, 5.41) is 4.13. The summed E-state index contributed by atoms with van der Waals surface area (Å²) < 4.78 is 1.61. The lowest BCUT2D eigenvalue weighted by Gasteiger charge is -1.94. The maximum Gasteiger partial charge on any atom is 0.268 e. The Morgan fingerprint density at radius 3 is 2.93 bits per heavy atom. The SMILES string of the molecule is Cc1nn(C)c2ncc(C(N)=O)nc12. The zero-order valence-corrected chi connectivity index (χ0v) is 7.85. The Morgan fingerprint density at radius 2 is 2.29 bits per heavy atom. The first-order chi connectivity index (χ1) is 6.59. The van der Waals surface area contributed by atoms with Gasteiger partial charge in [0.15, 0.2) is 5.65 Å². The van der Waals surface area contributed by atoms with Gasteiger partial charge in [0.1, 0.15) is 11.2 Å². The summed E-state index contributed by atoms with van der Waals surface area (Å²) in [5.74, 6) is -0.581. The number of carbonyl (C=O) groups excluding carboxylic acids is 1. The Bertz CT molecular complexity index is 516. The highest BCUT2D eigenvalue weighted by molar-refractivity contribution is 5.92. The molecule has 2 aromatic rings. The average Bonchev–Trinajstić information content (AvgIpc) is 2.42. The first-order valence-electron chi connectivity index (χ1n) is 4.05. The van der Waals surface area contributed by atoms with Gasteiger partial charge in [0.25, 0.3) is 5.91 Å². The highest BCUT2D eigenvalue weighted by atomic mass is 16.1. The summed E-state index contributed by atoms with van der Waals surface area (Å²) in [5.41, 5.74) is 7.25. The molecule has 0 fully saturated rings. The van der Waals surface area contributed by atoms with Gasteiger partial charge in [0.05, 0.1) is 11.9 Å². The van der Waals surface area contributed by atoms with Gasteiger partial charge >= 0.3 is 0 Å². The van der Waals surface area contributed by atoms with Gasteiger partial charge in [-0.2, -0.15) is 5.10 Å². The highest BCUT2D eigenvalue weighted by Crippen LogP contribution is 2.11. The second-order valence-corrected chi connectivity index (χ2v) is 3.00. The molecule has 14 heavy (non-hydrogen) atoms. The summed E-state index contributed by atoms with van der Waals surface area (Å²) >= 11 is 0. The molecule has 0 bridgehead atoms. The van der Waals surface area contributed by atoms with Gasteiger partial charge in [-0.3, -0.25) is 4.79 Å². The van der Waals surface area contributed by atoms with Gasteiger partial charge in [-0.25, -0.2) is 14.6 Å². The van der Waals surface area contributed by atoms with Crippen LogP contribution in [0.5, 0.6) is 0 Å². The van der Waals surface area contributed by atoms with Crippen LogP contribution in [0.15, 0.2) is 6.20 Å². The zero-order valence-electron chi connectivity index (χ0n) is 7.85. The number of aryl methyl sites for hydroxylation is 2. The van der Waals surface area contributed by atoms with Crippen molar-refractivity contribution in [1.82, 2.24) is 19.7 Å². The Hall–Kier alpha value is -1.98. The molecule has 2 aromatic heterocycles. The van der Waals surface area contributed by atoms with Crippen molar-refractivity contribution in [1.29, 1.82) is 0 Å². The molecule has 2 N–H and O–H groups in total. The third-order valence-corrected chi connectivity index (χ3v) is 1.95. The maximum atomic E-state index is 10.9. The highest BCUT2D eigenvalue weighted by Gasteiger charge is 2.10. The topological polar surface area (TPSA) is 86.7 Å². The van der Waals surface area contributed by atoms with Crippen LogP contribution >= 0.6 is 0 Å². The van der Waals surface area contributed by atoms with Crippen LogP contribution in [0.4, 0.5) is 0 Å². The molecular weight excluding hydrogens is 182 g/mol. The van der Waals surface area contributed by atoms with Gasteiger partial charge < -0.3 is 5.73 Å². The van der Waals surface area contributed by atoms with Crippen LogP contribution in [0.25, 0.3) is 11.2 Å². The van der Waals surface area contributed by atoms with Gasteiger partial charge in [0.2, 0.25) is 0 Å². The maximum absolute atomic E-state index is 10.9. The summed E-state index contributed by atoms with van der Waals surface area (Å²) in [7, 11) is 1.77. The summed E-state index contributed by atoms with van der Waals surface area (Å²) in [6.45, 7) is 1.81. The molecule has 0 aliphatic heterocycles. The smallest absolute Gasteiger partial charge is 0.268 e. The normalized spacial score (nSPS) is 10.7. The minimum atomic E-state index is -0.581. The van der Waals surface area contributed by atoms with Crippen molar-refractivity contribution < 1.29 is 4.79 Å². The van der Waals surface area contributed by atoms with E-state index in [1.807, 2.05) is 6.92 Å². The van der Waals surface area contributed by atoms with Crippen molar-refractivity contribution in [2.45, 2.75) is 6.92 Å². The predicted molar refractivity (Wildman–Crippen MR) is 49.6 cm³/mol. The standard InChI is InChI=1S/C8H9N5O/c1-4-6-8(13(2)12-4)10-3-5(11-6)7(9)14/h3H,1-2H3,(H2,9,14). The van der Waals surface area contributed by atoms with Crippen molar-refractivity contribution in [2.75, 3.05) is 0 Å². The summed E-state index contributed by atoms with van der Waals surface area (Å²) in [6, 6.07) is 0. The van der Waals surface area contributed by atoms with E-state index < -0.39 is 5.91 Å². The summed E-state index contributed by atoms with van der Waals surface area (Å²) in [6.07, 6.45) is 1.35. The van der Waals surface area contributed by atoms with Crippen LogP contribution in [0.3, 0.4) is 0 Å². The van der Waals surface area contributed by atoms with Crippen molar-refractivity contribution in [3.05, 3.63) is 17.6 Å². The number of aromatic nitrogens is 4. The molecule has 0 spiro atoms. The second kappa shape index (κ2) is 2.76. The number of amides is 1. The van der Waals surface area contributed by atoms with E-state index in [9.17, 15) is 4.79 Å². The molecule has 0 saturated heterocycles. The fourth-order valence-corrected chi connectivity index (χ4v) is 1.30. The lowest BCUT2D eigenvalue weighted by molar-refractivity contribution is 0.0995. The van der Waals surface area contributed by atoms with Crippen molar-refractivity contribution >= 4 is 17.1 Å². The van der Waals surface area contributed by atoms with E-state index in [0.29, 0.717) is 11.2 Å². The first-order valence-corrected chi connectivity index (χ1v) is 4.05. The molecule has 72 valence electrons. The molecule has 0 atom stereocenters. The molecule has 6 heteroatoms. The third kappa shape index (κ3) is 1.12. The van der Waals surface area contributed by atoms with Crippen LogP contribution in [-0.2, 0) is 7.05 Å². The Balaban J connectivity index is 2.77. The third-order valence-electron chi connectivity index (χ3n) is 1.95. The molecular formula is C8H9N5O. The predicted octanol–water partition coefficient (Wildman–Crippen LogP) is -0.229. The van der Waals surface area contributed by atoms with E-state index in [1.165, 1.54) is 6.20 Å². The minimum Gasteiger partial charge on any atom is -0.364 e.